The molecule has 2 rings (SSSR count). The Bertz CT molecular complexity index is 330. The predicted octanol–water partition coefficient (Wildman–Crippen LogP) is 3.78. The van der Waals surface area contributed by atoms with Crippen LogP contribution in [-0.4, -0.2) is 35.1 Å². The highest BCUT2D eigenvalue weighted by atomic mass is 16.4. The zero-order valence-corrected chi connectivity index (χ0v) is 13.4. The quantitative estimate of drug-likeness (QED) is 0.852. The number of hydrogen-bond donors (Lipinski definition) is 1. The summed E-state index contributed by atoms with van der Waals surface area (Å²) in [4.78, 5) is 14.1. The molecule has 0 aromatic heterocycles. The van der Waals surface area contributed by atoms with E-state index in [1.54, 1.807) is 0 Å². The Balaban J connectivity index is 2.02. The molecule has 116 valence electrons. The predicted molar refractivity (Wildman–Crippen MR) is 81.8 cm³/mol. The van der Waals surface area contributed by atoms with Gasteiger partial charge in [0.15, 0.2) is 0 Å². The van der Waals surface area contributed by atoms with Crippen LogP contribution >= 0.6 is 0 Å². The lowest BCUT2D eigenvalue weighted by Crippen LogP contribution is -2.51. The minimum absolute atomic E-state index is 0.135. The Hall–Kier alpha value is -0.570. The summed E-state index contributed by atoms with van der Waals surface area (Å²) in [5.74, 6) is 0.0367. The highest BCUT2D eigenvalue weighted by Crippen LogP contribution is 2.38. The van der Waals surface area contributed by atoms with Crippen LogP contribution in [0.25, 0.3) is 0 Å². The van der Waals surface area contributed by atoms with Gasteiger partial charge in [-0.25, -0.2) is 0 Å². The van der Waals surface area contributed by atoms with Crippen LogP contribution in [0, 0.1) is 17.3 Å². The van der Waals surface area contributed by atoms with Crippen LogP contribution in [0.1, 0.15) is 65.7 Å². The van der Waals surface area contributed by atoms with Crippen molar-refractivity contribution in [2.24, 2.45) is 17.3 Å². The molecule has 3 heteroatoms. The van der Waals surface area contributed by atoms with Crippen molar-refractivity contribution < 1.29 is 9.90 Å². The lowest BCUT2D eigenvalue weighted by molar-refractivity contribution is -0.146. The van der Waals surface area contributed by atoms with Gasteiger partial charge in [-0.15, -0.1) is 0 Å². The van der Waals surface area contributed by atoms with Crippen molar-refractivity contribution in [2.45, 2.75) is 71.8 Å². The van der Waals surface area contributed by atoms with Gasteiger partial charge in [0.05, 0.1) is 5.92 Å². The fraction of sp³-hybridized carbons (Fsp3) is 0.941. The summed E-state index contributed by atoms with van der Waals surface area (Å²) in [5.41, 5.74) is 0.437. The first kappa shape index (κ1) is 15.8. The van der Waals surface area contributed by atoms with E-state index in [0.717, 1.165) is 38.3 Å². The molecule has 2 aliphatic rings. The molecule has 3 unspecified atom stereocenters. The van der Waals surface area contributed by atoms with Crippen LogP contribution in [0.2, 0.25) is 0 Å². The molecule has 0 amide bonds. The Morgan fingerprint density at radius 3 is 2.45 bits per heavy atom. The van der Waals surface area contributed by atoms with E-state index in [1.807, 2.05) is 0 Å². The fourth-order valence-electron chi connectivity index (χ4n) is 4.05. The van der Waals surface area contributed by atoms with Gasteiger partial charge in [-0.1, -0.05) is 33.6 Å². The molecule has 1 aliphatic carbocycles. The highest BCUT2D eigenvalue weighted by Gasteiger charge is 2.40. The van der Waals surface area contributed by atoms with Crippen LogP contribution in [0.5, 0.6) is 0 Å². The van der Waals surface area contributed by atoms with Crippen LogP contribution in [0.3, 0.4) is 0 Å². The van der Waals surface area contributed by atoms with Crippen LogP contribution in [0.15, 0.2) is 0 Å². The summed E-state index contributed by atoms with van der Waals surface area (Å²) in [5, 5.41) is 9.53. The summed E-state index contributed by atoms with van der Waals surface area (Å²) in [6.07, 6.45) is 7.99. The third-order valence-corrected chi connectivity index (χ3v) is 5.56. The number of carbonyl (C=O) groups is 1. The van der Waals surface area contributed by atoms with Crippen LogP contribution < -0.4 is 0 Å². The zero-order chi connectivity index (χ0) is 14.8. The molecule has 3 atom stereocenters. The number of likely N-dealkylation sites (tertiary alicyclic amines) is 1. The maximum absolute atomic E-state index is 11.6. The van der Waals surface area contributed by atoms with E-state index in [-0.39, 0.29) is 12.0 Å². The molecular formula is C17H31NO2. The molecule has 0 radical (unpaired) electrons. The lowest BCUT2D eigenvalue weighted by atomic mass is 9.74. The Kier molecular flexibility index (Phi) is 5.11. The van der Waals surface area contributed by atoms with Crippen molar-refractivity contribution >= 4 is 5.97 Å². The highest BCUT2D eigenvalue weighted by molar-refractivity contribution is 5.71. The van der Waals surface area contributed by atoms with Gasteiger partial charge in [0.2, 0.25) is 0 Å². The van der Waals surface area contributed by atoms with E-state index in [4.69, 9.17) is 0 Å². The smallest absolute Gasteiger partial charge is 0.308 e. The van der Waals surface area contributed by atoms with E-state index in [9.17, 15) is 9.90 Å². The Morgan fingerprint density at radius 2 is 1.90 bits per heavy atom. The molecule has 1 heterocycles. The number of carboxylic acids is 1. The summed E-state index contributed by atoms with van der Waals surface area (Å²) < 4.78 is 0. The van der Waals surface area contributed by atoms with Gasteiger partial charge in [-0.05, 0) is 56.5 Å². The van der Waals surface area contributed by atoms with Gasteiger partial charge in [-0.3, -0.25) is 9.69 Å². The van der Waals surface area contributed by atoms with Crippen molar-refractivity contribution in [2.75, 3.05) is 13.1 Å². The van der Waals surface area contributed by atoms with Crippen molar-refractivity contribution in [3.63, 3.8) is 0 Å². The average Bonchev–Trinajstić information content (AvgIpc) is 2.38. The van der Waals surface area contributed by atoms with Crippen molar-refractivity contribution in [3.05, 3.63) is 0 Å². The third kappa shape index (κ3) is 3.75. The Labute approximate surface area is 123 Å². The molecule has 2 fully saturated rings. The van der Waals surface area contributed by atoms with E-state index >= 15 is 0 Å². The summed E-state index contributed by atoms with van der Waals surface area (Å²) in [7, 11) is 0. The third-order valence-electron chi connectivity index (χ3n) is 5.56. The number of hydrogen-bond acceptors (Lipinski definition) is 2. The summed E-state index contributed by atoms with van der Waals surface area (Å²) in [6.45, 7) is 9.07. The first-order valence-corrected chi connectivity index (χ1v) is 8.40. The van der Waals surface area contributed by atoms with Crippen molar-refractivity contribution in [1.29, 1.82) is 0 Å². The number of aliphatic carboxylic acids is 1. The molecule has 1 saturated carbocycles. The first-order valence-electron chi connectivity index (χ1n) is 8.40. The zero-order valence-electron chi connectivity index (χ0n) is 13.4. The second-order valence-corrected chi connectivity index (χ2v) is 7.68. The van der Waals surface area contributed by atoms with Gasteiger partial charge < -0.3 is 5.11 Å². The van der Waals surface area contributed by atoms with E-state index in [1.165, 1.54) is 25.7 Å². The summed E-state index contributed by atoms with van der Waals surface area (Å²) >= 11 is 0. The molecular weight excluding hydrogens is 250 g/mol. The lowest BCUT2D eigenvalue weighted by Gasteiger charge is -2.46. The number of rotatable bonds is 4. The molecule has 0 bridgehead atoms. The topological polar surface area (TPSA) is 40.5 Å². The van der Waals surface area contributed by atoms with Gasteiger partial charge in [0.1, 0.15) is 0 Å². The first-order chi connectivity index (χ1) is 9.43. The maximum Gasteiger partial charge on any atom is 0.308 e. The van der Waals surface area contributed by atoms with E-state index in [2.05, 4.69) is 25.7 Å². The van der Waals surface area contributed by atoms with Crippen LogP contribution in [0.4, 0.5) is 0 Å². The van der Waals surface area contributed by atoms with Gasteiger partial charge >= 0.3 is 5.97 Å². The second kappa shape index (κ2) is 6.46. The number of piperidine rings is 1. The van der Waals surface area contributed by atoms with E-state index in [0.29, 0.717) is 5.41 Å². The largest absolute Gasteiger partial charge is 0.481 e. The maximum atomic E-state index is 11.6. The fourth-order valence-corrected chi connectivity index (χ4v) is 4.05. The molecule has 0 aromatic carbocycles. The van der Waals surface area contributed by atoms with Gasteiger partial charge in [-0.2, -0.15) is 0 Å². The Morgan fingerprint density at radius 1 is 1.25 bits per heavy atom. The van der Waals surface area contributed by atoms with E-state index < -0.39 is 5.97 Å². The summed E-state index contributed by atoms with van der Waals surface area (Å²) in [6, 6.07) is 0.286. The minimum atomic E-state index is -0.574. The normalized spacial score (nSPS) is 34.9. The molecule has 1 saturated heterocycles. The molecule has 0 spiro atoms. The molecule has 20 heavy (non-hydrogen) atoms. The molecule has 1 N–H and O–H groups in total. The minimum Gasteiger partial charge on any atom is -0.481 e. The van der Waals surface area contributed by atoms with Crippen molar-refractivity contribution in [3.8, 4) is 0 Å². The number of carboxylic acid groups (broad SMARTS) is 1. The van der Waals surface area contributed by atoms with Crippen LogP contribution in [-0.2, 0) is 4.79 Å². The second-order valence-electron chi connectivity index (χ2n) is 7.68. The molecule has 3 nitrogen and oxygen atoms in total. The molecule has 1 aliphatic heterocycles. The molecule has 0 aromatic rings. The van der Waals surface area contributed by atoms with Crippen molar-refractivity contribution in [1.82, 2.24) is 4.90 Å². The van der Waals surface area contributed by atoms with Gasteiger partial charge in [0, 0.05) is 6.04 Å². The van der Waals surface area contributed by atoms with Gasteiger partial charge in [0.25, 0.3) is 0 Å². The monoisotopic (exact) mass is 281 g/mol. The average molecular weight is 281 g/mol. The SMILES string of the molecule is CCCC1CCC(C(=O)O)C(N2CCC(C)(C)CC2)C1. The number of nitrogens with zero attached hydrogens (tertiary/aromatic N) is 1. The standard InChI is InChI=1S/C17H31NO2/c1-4-5-13-6-7-14(16(19)20)15(12-13)18-10-8-17(2,3)9-11-18/h13-15H,4-12H2,1-3H3,(H,19,20).